The van der Waals surface area contributed by atoms with Crippen molar-refractivity contribution in [3.63, 3.8) is 0 Å². The molecule has 0 aliphatic heterocycles. The molecule has 2 aromatic carbocycles. The summed E-state index contributed by atoms with van der Waals surface area (Å²) >= 11 is 0. The van der Waals surface area contributed by atoms with Gasteiger partial charge >= 0.3 is 0 Å². The van der Waals surface area contributed by atoms with Crippen LogP contribution in [0.4, 0.5) is 0 Å². The Balaban J connectivity index is 1.48. The molecule has 0 saturated heterocycles. The Morgan fingerprint density at radius 3 is 2.67 bits per heavy atom. The van der Waals surface area contributed by atoms with Crippen molar-refractivity contribution in [3.05, 3.63) is 59.4 Å². The maximum Gasteiger partial charge on any atom is 0.268 e. The third-order valence-electron chi connectivity index (χ3n) is 6.20. The van der Waals surface area contributed by atoms with Crippen LogP contribution < -0.4 is 14.8 Å². The average molecular weight is 403 g/mol. The number of methoxy groups -OCH3 is 2. The predicted octanol–water partition coefficient (Wildman–Crippen LogP) is 4.48. The van der Waals surface area contributed by atoms with Crippen molar-refractivity contribution in [2.45, 2.75) is 25.3 Å². The van der Waals surface area contributed by atoms with Crippen LogP contribution in [-0.4, -0.2) is 29.7 Å². The van der Waals surface area contributed by atoms with Gasteiger partial charge in [0.1, 0.15) is 17.2 Å². The number of carbonyl (C=O) groups is 1. The predicted molar refractivity (Wildman–Crippen MR) is 117 cm³/mol. The Hall–Kier alpha value is -3.41. The van der Waals surface area contributed by atoms with Crippen molar-refractivity contribution in [1.29, 1.82) is 0 Å². The molecule has 2 N–H and O–H groups in total. The molecule has 154 valence electrons. The van der Waals surface area contributed by atoms with Gasteiger partial charge in [0.05, 0.1) is 25.8 Å². The third-order valence-corrected chi connectivity index (χ3v) is 6.20. The summed E-state index contributed by atoms with van der Waals surface area (Å²) in [5.74, 6) is 1.56. The van der Waals surface area contributed by atoms with Gasteiger partial charge in [0.25, 0.3) is 5.91 Å². The number of benzene rings is 2. The summed E-state index contributed by atoms with van der Waals surface area (Å²) in [6.45, 7) is 0. The van der Waals surface area contributed by atoms with Gasteiger partial charge in [0.2, 0.25) is 0 Å². The minimum atomic E-state index is -0.0678. The van der Waals surface area contributed by atoms with Gasteiger partial charge in [-0.15, -0.1) is 0 Å². The molecule has 1 aliphatic rings. The van der Waals surface area contributed by atoms with Crippen molar-refractivity contribution < 1.29 is 14.3 Å². The first-order valence-electron chi connectivity index (χ1n) is 10.2. The standard InChI is InChI=1S/C24H25N3O3/c1-27-21-13-16(30-3)8-7-14(21)11-22(27)24(28)26-20-6-4-5-17-18-12-15(29-2)9-10-19(18)25-23(17)20/h7-13,20,25H,4-6H2,1-3H3,(H,26,28)/t20-/m1/s1. The lowest BCUT2D eigenvalue weighted by atomic mass is 9.91. The van der Waals surface area contributed by atoms with E-state index in [0.29, 0.717) is 5.69 Å². The van der Waals surface area contributed by atoms with E-state index in [4.69, 9.17) is 9.47 Å². The fourth-order valence-electron chi connectivity index (χ4n) is 4.60. The van der Waals surface area contributed by atoms with Crippen LogP contribution in [0.3, 0.4) is 0 Å². The Morgan fingerprint density at radius 2 is 1.87 bits per heavy atom. The molecule has 0 spiro atoms. The van der Waals surface area contributed by atoms with E-state index in [1.807, 2.05) is 48.0 Å². The first-order valence-corrected chi connectivity index (χ1v) is 10.2. The molecule has 0 saturated carbocycles. The number of hydrogen-bond acceptors (Lipinski definition) is 3. The van der Waals surface area contributed by atoms with E-state index >= 15 is 0 Å². The van der Waals surface area contributed by atoms with Crippen LogP contribution in [0, 0.1) is 0 Å². The molecule has 0 fully saturated rings. The molecule has 0 radical (unpaired) electrons. The van der Waals surface area contributed by atoms with E-state index in [1.54, 1.807) is 14.2 Å². The number of aromatic amines is 1. The van der Waals surface area contributed by atoms with Gasteiger partial charge in [-0.1, -0.05) is 0 Å². The van der Waals surface area contributed by atoms with E-state index in [1.165, 1.54) is 10.9 Å². The van der Waals surface area contributed by atoms with Crippen LogP contribution in [0.25, 0.3) is 21.8 Å². The maximum atomic E-state index is 13.2. The zero-order chi connectivity index (χ0) is 20.8. The van der Waals surface area contributed by atoms with Crippen molar-refractivity contribution in [3.8, 4) is 11.5 Å². The zero-order valence-electron chi connectivity index (χ0n) is 17.4. The largest absolute Gasteiger partial charge is 0.497 e. The number of aryl methyl sites for hydroxylation is 2. The second-order valence-corrected chi connectivity index (χ2v) is 7.86. The molecular formula is C24H25N3O3. The van der Waals surface area contributed by atoms with Gasteiger partial charge in [0, 0.05) is 35.1 Å². The number of H-pyrrole nitrogens is 1. The number of nitrogens with zero attached hydrogens (tertiary/aromatic N) is 1. The molecule has 6 heteroatoms. The average Bonchev–Trinajstić information content (AvgIpc) is 3.31. The first-order chi connectivity index (χ1) is 14.6. The van der Waals surface area contributed by atoms with E-state index in [0.717, 1.165) is 52.9 Å². The Labute approximate surface area is 174 Å². The van der Waals surface area contributed by atoms with Crippen molar-refractivity contribution >= 4 is 27.7 Å². The lowest BCUT2D eigenvalue weighted by molar-refractivity contribution is 0.0924. The molecular weight excluding hydrogens is 378 g/mol. The van der Waals surface area contributed by atoms with Crippen molar-refractivity contribution in [1.82, 2.24) is 14.9 Å². The SMILES string of the molecule is COc1ccc2[nH]c3c(c2c1)CCC[C@H]3NC(=O)c1cc2ccc(OC)cc2n1C. The van der Waals surface area contributed by atoms with Crippen LogP contribution in [0.2, 0.25) is 0 Å². The number of amides is 1. The molecule has 1 aliphatic carbocycles. The molecule has 2 heterocycles. The fourth-order valence-corrected chi connectivity index (χ4v) is 4.60. The zero-order valence-corrected chi connectivity index (χ0v) is 17.4. The van der Waals surface area contributed by atoms with E-state index < -0.39 is 0 Å². The lowest BCUT2D eigenvalue weighted by Crippen LogP contribution is -2.32. The van der Waals surface area contributed by atoms with Crippen LogP contribution in [0.1, 0.15) is 40.6 Å². The molecule has 1 amide bonds. The van der Waals surface area contributed by atoms with Crippen molar-refractivity contribution in [2.75, 3.05) is 14.2 Å². The summed E-state index contributed by atoms with van der Waals surface area (Å²) in [6.07, 6.45) is 2.96. The molecule has 4 aromatic rings. The highest BCUT2D eigenvalue weighted by Gasteiger charge is 2.27. The van der Waals surface area contributed by atoms with Crippen LogP contribution in [-0.2, 0) is 13.5 Å². The van der Waals surface area contributed by atoms with Crippen LogP contribution >= 0.6 is 0 Å². The number of aromatic nitrogens is 2. The first kappa shape index (κ1) is 18.6. The molecule has 30 heavy (non-hydrogen) atoms. The number of ether oxygens (including phenoxy) is 2. The topological polar surface area (TPSA) is 68.3 Å². The summed E-state index contributed by atoms with van der Waals surface area (Å²) in [4.78, 5) is 16.7. The summed E-state index contributed by atoms with van der Waals surface area (Å²) in [5, 5.41) is 5.46. The van der Waals surface area contributed by atoms with Gasteiger partial charge in [-0.3, -0.25) is 4.79 Å². The summed E-state index contributed by atoms with van der Waals surface area (Å²) in [6, 6.07) is 13.8. The molecule has 6 nitrogen and oxygen atoms in total. The highest BCUT2D eigenvalue weighted by atomic mass is 16.5. The number of fused-ring (bicyclic) bond motifs is 4. The minimum Gasteiger partial charge on any atom is -0.497 e. The second-order valence-electron chi connectivity index (χ2n) is 7.86. The second kappa shape index (κ2) is 7.13. The van der Waals surface area contributed by atoms with Gasteiger partial charge in [-0.05, 0) is 61.2 Å². The number of rotatable bonds is 4. The Bertz CT molecular complexity index is 1270. The third kappa shape index (κ3) is 2.91. The van der Waals surface area contributed by atoms with Gasteiger partial charge in [-0.25, -0.2) is 0 Å². The number of carbonyl (C=O) groups excluding carboxylic acids is 1. The maximum absolute atomic E-state index is 13.2. The highest BCUT2D eigenvalue weighted by Crippen LogP contribution is 2.36. The molecule has 2 aromatic heterocycles. The Kier molecular flexibility index (Phi) is 4.42. The van der Waals surface area contributed by atoms with Gasteiger partial charge in [-0.2, -0.15) is 0 Å². The van der Waals surface area contributed by atoms with Crippen LogP contribution in [0.15, 0.2) is 42.5 Å². The molecule has 0 bridgehead atoms. The van der Waals surface area contributed by atoms with Gasteiger partial charge in [0.15, 0.2) is 0 Å². The quantitative estimate of drug-likeness (QED) is 0.528. The Morgan fingerprint density at radius 1 is 1.10 bits per heavy atom. The molecule has 1 atom stereocenters. The van der Waals surface area contributed by atoms with Gasteiger partial charge < -0.3 is 24.3 Å². The number of nitrogens with one attached hydrogen (secondary N) is 2. The minimum absolute atomic E-state index is 0.0350. The van der Waals surface area contributed by atoms with E-state index in [-0.39, 0.29) is 11.9 Å². The summed E-state index contributed by atoms with van der Waals surface area (Å²) in [5.41, 5.74) is 5.09. The van der Waals surface area contributed by atoms with Crippen molar-refractivity contribution in [2.24, 2.45) is 7.05 Å². The fraction of sp³-hybridized carbons (Fsp3) is 0.292. The number of hydrogen-bond donors (Lipinski definition) is 2. The summed E-state index contributed by atoms with van der Waals surface area (Å²) in [7, 11) is 5.25. The molecule has 5 rings (SSSR count). The normalized spacial score (nSPS) is 15.9. The van der Waals surface area contributed by atoms with E-state index in [9.17, 15) is 4.79 Å². The van der Waals surface area contributed by atoms with Crippen LogP contribution in [0.5, 0.6) is 11.5 Å². The van der Waals surface area contributed by atoms with E-state index in [2.05, 4.69) is 16.4 Å². The smallest absolute Gasteiger partial charge is 0.268 e. The summed E-state index contributed by atoms with van der Waals surface area (Å²) < 4.78 is 12.6. The monoisotopic (exact) mass is 403 g/mol. The molecule has 0 unspecified atom stereocenters. The lowest BCUT2D eigenvalue weighted by Gasteiger charge is -2.24. The highest BCUT2D eigenvalue weighted by molar-refractivity contribution is 5.99.